The molecule has 0 heterocycles. The number of halogens is 9. The minimum Gasteiger partial charge on any atom is -0.743 e. The van der Waals surface area contributed by atoms with Gasteiger partial charge in [-0.25, -0.2) is 12.8 Å². The van der Waals surface area contributed by atoms with Crippen LogP contribution in [-0.2, 0) is 10.1 Å². The molecule has 26 heavy (non-hydrogen) atoms. The van der Waals surface area contributed by atoms with Crippen molar-refractivity contribution in [2.45, 2.75) is 74.6 Å². The third-order valence-corrected chi connectivity index (χ3v) is 4.33. The van der Waals surface area contributed by atoms with Crippen LogP contribution in [-0.4, -0.2) is 42.2 Å². The summed E-state index contributed by atoms with van der Waals surface area (Å²) in [6.45, 7) is 1.78. The Balaban J connectivity index is 0. The van der Waals surface area contributed by atoms with Gasteiger partial charge in [-0.05, 0) is 6.42 Å². The van der Waals surface area contributed by atoms with Crippen LogP contribution in [0.15, 0.2) is 0 Å². The molecule has 0 aliphatic carbocycles. The number of hydrogen-bond donors (Lipinski definition) is 0. The van der Waals surface area contributed by atoms with E-state index in [4.69, 9.17) is 0 Å². The van der Waals surface area contributed by atoms with Gasteiger partial charge in [0.1, 0.15) is 0 Å². The van der Waals surface area contributed by atoms with Crippen LogP contribution in [0.25, 0.3) is 0 Å². The van der Waals surface area contributed by atoms with E-state index in [0.717, 1.165) is 0 Å². The van der Waals surface area contributed by atoms with E-state index in [2.05, 4.69) is 0 Å². The molecule has 0 aromatic rings. The van der Waals surface area contributed by atoms with Crippen molar-refractivity contribution in [1.29, 1.82) is 0 Å². The van der Waals surface area contributed by atoms with Gasteiger partial charge in [-0.2, -0.15) is 35.1 Å². The molecule has 3 nitrogen and oxygen atoms in total. The Bertz CT molecular complexity index is 540. The molecule has 0 spiro atoms. The number of alkyl halides is 9. The van der Waals surface area contributed by atoms with E-state index in [1.807, 2.05) is 0 Å². The first-order valence-corrected chi connectivity index (χ1v) is 8.50. The van der Waals surface area contributed by atoms with Gasteiger partial charge < -0.3 is 4.55 Å². The van der Waals surface area contributed by atoms with Crippen molar-refractivity contribution in [3.05, 3.63) is 0 Å². The molecule has 0 radical (unpaired) electrons. The van der Waals surface area contributed by atoms with E-state index in [0.29, 0.717) is 19.3 Å². The summed E-state index contributed by atoms with van der Waals surface area (Å²) in [5, 5.41) is -7.06. The average Bonchev–Trinajstić information content (AvgIpc) is 2.44. The van der Waals surface area contributed by atoms with Crippen molar-refractivity contribution in [2.75, 3.05) is 0 Å². The fourth-order valence-corrected chi connectivity index (χ4v) is 2.30. The first kappa shape index (κ1) is 28.1. The second kappa shape index (κ2) is 9.38. The molecule has 1 unspecified atom stereocenters. The number of hydrogen-bond acceptors (Lipinski definition) is 3. The Morgan fingerprint density at radius 1 is 0.846 bits per heavy atom. The molecule has 0 bridgehead atoms. The largest absolute Gasteiger partial charge is 1.00 e. The number of unbranched alkanes of at least 4 members (excludes halogenated alkanes) is 4. The molecule has 0 saturated heterocycles. The SMILES string of the molecule is CCCCCCCC(F)C(F)(F)C(F)(F)C(F)(F)C(F)(F)S(=O)(=O)[O-].[Li+]. The van der Waals surface area contributed by atoms with Crippen LogP contribution >= 0.6 is 0 Å². The van der Waals surface area contributed by atoms with Gasteiger partial charge in [-0.1, -0.05) is 39.0 Å². The van der Waals surface area contributed by atoms with Crippen LogP contribution in [0.3, 0.4) is 0 Å². The molecule has 152 valence electrons. The normalized spacial score (nSPS) is 15.5. The summed E-state index contributed by atoms with van der Waals surface area (Å²) in [5.74, 6) is -20.8. The molecule has 1 atom stereocenters. The summed E-state index contributed by atoms with van der Waals surface area (Å²) in [7, 11) is -7.43. The molecule has 14 heteroatoms. The zero-order valence-electron chi connectivity index (χ0n) is 13.9. The molecule has 0 fully saturated rings. The Kier molecular flexibility index (Phi) is 10.1. The molecule has 0 amide bonds. The smallest absolute Gasteiger partial charge is 0.743 e. The van der Waals surface area contributed by atoms with Gasteiger partial charge in [-0.3, -0.25) is 0 Å². The van der Waals surface area contributed by atoms with E-state index in [1.165, 1.54) is 0 Å². The summed E-state index contributed by atoms with van der Waals surface area (Å²) >= 11 is 0. The second-order valence-electron chi connectivity index (χ2n) is 5.41. The molecule has 0 rings (SSSR count). The van der Waals surface area contributed by atoms with E-state index >= 15 is 0 Å². The van der Waals surface area contributed by atoms with Crippen LogP contribution in [0.2, 0.25) is 0 Å². The minimum atomic E-state index is -7.43. The van der Waals surface area contributed by atoms with Gasteiger partial charge in [0.2, 0.25) is 0 Å². The van der Waals surface area contributed by atoms with Crippen molar-refractivity contribution in [3.8, 4) is 0 Å². The quantitative estimate of drug-likeness (QED) is 0.222. The van der Waals surface area contributed by atoms with Crippen LogP contribution in [0, 0.1) is 0 Å². The zero-order chi connectivity index (χ0) is 20.3. The van der Waals surface area contributed by atoms with E-state index < -0.39 is 52.2 Å². The summed E-state index contributed by atoms with van der Waals surface area (Å²) in [4.78, 5) is 0. The summed E-state index contributed by atoms with van der Waals surface area (Å²) in [6, 6.07) is 0. The van der Waals surface area contributed by atoms with Crippen molar-refractivity contribution < 1.29 is 71.3 Å². The molecule has 0 aliphatic rings. The maximum absolute atomic E-state index is 13.4. The second-order valence-corrected chi connectivity index (χ2v) is 6.83. The summed E-state index contributed by atoms with van der Waals surface area (Å²) in [5.41, 5.74) is 0. The van der Waals surface area contributed by atoms with Gasteiger partial charge >= 0.3 is 41.9 Å². The third-order valence-electron chi connectivity index (χ3n) is 3.45. The van der Waals surface area contributed by atoms with Gasteiger partial charge in [0.25, 0.3) is 0 Å². The minimum absolute atomic E-state index is 0. The Morgan fingerprint density at radius 2 is 1.27 bits per heavy atom. The van der Waals surface area contributed by atoms with Gasteiger partial charge in [-0.15, -0.1) is 0 Å². The van der Waals surface area contributed by atoms with E-state index in [-0.39, 0.29) is 25.3 Å². The van der Waals surface area contributed by atoms with Gasteiger partial charge in [0.15, 0.2) is 16.3 Å². The maximum atomic E-state index is 13.4. The molecule has 0 saturated carbocycles. The average molecular weight is 418 g/mol. The molecule has 0 aliphatic heterocycles. The zero-order valence-corrected chi connectivity index (χ0v) is 14.7. The summed E-state index contributed by atoms with van der Waals surface area (Å²) in [6.07, 6.45) is -3.83. The maximum Gasteiger partial charge on any atom is 1.00 e. The van der Waals surface area contributed by atoms with Crippen molar-refractivity contribution >= 4 is 10.1 Å². The number of rotatable bonds is 11. The molecule has 0 aromatic heterocycles. The first-order valence-electron chi connectivity index (χ1n) is 7.09. The predicted molar refractivity (Wildman–Crippen MR) is 67.8 cm³/mol. The fourth-order valence-electron chi connectivity index (χ4n) is 1.85. The fraction of sp³-hybridized carbons (Fsp3) is 1.00. The van der Waals surface area contributed by atoms with Crippen molar-refractivity contribution in [1.82, 2.24) is 0 Å². The van der Waals surface area contributed by atoms with Crippen molar-refractivity contribution in [3.63, 3.8) is 0 Å². The predicted octanol–water partition coefficient (Wildman–Crippen LogP) is 1.73. The third kappa shape index (κ3) is 5.23. The van der Waals surface area contributed by atoms with Crippen LogP contribution < -0.4 is 18.9 Å². The molecular formula is C12H16F9LiO3S. The van der Waals surface area contributed by atoms with Crippen molar-refractivity contribution in [2.24, 2.45) is 0 Å². The Morgan fingerprint density at radius 3 is 1.65 bits per heavy atom. The summed E-state index contributed by atoms with van der Waals surface area (Å²) < 4.78 is 149. The molecular weight excluding hydrogens is 402 g/mol. The Hall–Kier alpha value is -0.123. The first-order chi connectivity index (χ1) is 11.0. The monoisotopic (exact) mass is 418 g/mol. The van der Waals surface area contributed by atoms with E-state index in [1.54, 1.807) is 6.92 Å². The van der Waals surface area contributed by atoms with Crippen LogP contribution in [0.1, 0.15) is 45.4 Å². The topological polar surface area (TPSA) is 57.2 Å². The Labute approximate surface area is 156 Å². The van der Waals surface area contributed by atoms with Crippen LogP contribution in [0.4, 0.5) is 39.5 Å². The van der Waals surface area contributed by atoms with E-state index in [9.17, 15) is 52.5 Å². The molecule has 0 N–H and O–H groups in total. The van der Waals surface area contributed by atoms with Crippen LogP contribution in [0.5, 0.6) is 0 Å². The van der Waals surface area contributed by atoms with Gasteiger partial charge in [0.05, 0.1) is 0 Å². The molecule has 0 aromatic carbocycles. The standard InChI is InChI=1S/C12H17F9O3S.Li/c1-2-3-4-5-6-7-8(13)9(14,15)10(16,17)11(18,19)12(20,21)25(22,23)24;/h8H,2-7H2,1H3,(H,22,23,24);/q;+1/p-1. The van der Waals surface area contributed by atoms with Gasteiger partial charge in [0, 0.05) is 0 Å².